The molecule has 1 fully saturated rings. The molecule has 0 aliphatic heterocycles. The third-order valence-corrected chi connectivity index (χ3v) is 13.9. The van der Waals surface area contributed by atoms with Crippen molar-refractivity contribution in [2.24, 2.45) is 0 Å². The molecule has 0 bridgehead atoms. The normalized spacial score (nSPS) is 22.4. The van der Waals surface area contributed by atoms with Crippen LogP contribution in [0.15, 0.2) is 0 Å². The Labute approximate surface area is 378 Å². The first-order valence-electron chi connectivity index (χ1n) is 26.0. The number of hydrogen-bond donors (Lipinski definition) is 8. The van der Waals surface area contributed by atoms with Gasteiger partial charge in [0.1, 0.15) is 36.6 Å². The van der Waals surface area contributed by atoms with Gasteiger partial charge in [0.25, 0.3) is 0 Å². The molecule has 0 aromatic rings. The van der Waals surface area contributed by atoms with Crippen molar-refractivity contribution in [3.8, 4) is 0 Å². The largest absolute Gasteiger partial charge is 0.472 e. The Morgan fingerprint density at radius 1 is 0.484 bits per heavy atom. The standard InChI is InChI=1S/C49H98NO11P/c1-3-5-7-9-11-13-15-16-17-18-19-20-21-22-23-24-25-26-27-28-29-31-33-35-37-39-43(52)50-41(42(51)38-36-34-32-30-14-12-10-8-6-4-2)40-60-62(58,59)61-49-47(56)45(54)44(53)46(55)48(49)57/h41-42,44-49,51,53-57H,3-40H2,1-2H3,(H,50,52)(H,58,59)/t41-,42+,44?,45+,46?,47?,48?,49?/m0/s1. The van der Waals surface area contributed by atoms with E-state index in [0.29, 0.717) is 19.3 Å². The second kappa shape index (κ2) is 39.5. The van der Waals surface area contributed by atoms with E-state index in [9.17, 15) is 44.9 Å². The maximum absolute atomic E-state index is 13.0. The molecule has 0 heterocycles. The number of aliphatic hydroxyl groups excluding tert-OH is 6. The van der Waals surface area contributed by atoms with Gasteiger partial charge in [-0.1, -0.05) is 232 Å². The predicted molar refractivity (Wildman–Crippen MR) is 251 cm³/mol. The Balaban J connectivity index is 2.27. The van der Waals surface area contributed by atoms with Crippen molar-refractivity contribution in [3.63, 3.8) is 0 Å². The molecule has 370 valence electrons. The number of phosphoric acid groups is 1. The summed E-state index contributed by atoms with van der Waals surface area (Å²) in [4.78, 5) is 23.4. The molecule has 13 heteroatoms. The molecule has 0 spiro atoms. The van der Waals surface area contributed by atoms with Crippen molar-refractivity contribution in [1.29, 1.82) is 0 Å². The summed E-state index contributed by atoms with van der Waals surface area (Å²) in [7, 11) is -5.05. The number of aliphatic hydroxyl groups is 6. The highest BCUT2D eigenvalue weighted by Gasteiger charge is 2.51. The lowest BCUT2D eigenvalue weighted by atomic mass is 9.85. The maximum Gasteiger partial charge on any atom is 0.472 e. The summed E-state index contributed by atoms with van der Waals surface area (Å²) < 4.78 is 23.0. The molecule has 1 amide bonds. The first-order valence-corrected chi connectivity index (χ1v) is 27.5. The van der Waals surface area contributed by atoms with Crippen molar-refractivity contribution in [2.45, 2.75) is 300 Å². The second-order valence-corrected chi connectivity index (χ2v) is 20.1. The van der Waals surface area contributed by atoms with Gasteiger partial charge in [-0.05, 0) is 12.8 Å². The third-order valence-electron chi connectivity index (χ3n) is 12.9. The molecule has 1 rings (SSSR count). The second-order valence-electron chi connectivity index (χ2n) is 18.7. The summed E-state index contributed by atoms with van der Waals surface area (Å²) in [5.74, 6) is -0.304. The van der Waals surface area contributed by atoms with Crippen LogP contribution < -0.4 is 5.32 Å². The van der Waals surface area contributed by atoms with E-state index in [1.165, 1.54) is 173 Å². The summed E-state index contributed by atoms with van der Waals surface area (Å²) >= 11 is 0. The molecular weight excluding hydrogens is 810 g/mol. The fourth-order valence-electron chi connectivity index (χ4n) is 8.67. The van der Waals surface area contributed by atoms with Crippen molar-refractivity contribution < 1.29 is 53.9 Å². The summed E-state index contributed by atoms with van der Waals surface area (Å²) in [6.07, 6.45) is 31.6. The lowest BCUT2D eigenvalue weighted by Gasteiger charge is -2.41. The van der Waals surface area contributed by atoms with Gasteiger partial charge in [-0.3, -0.25) is 13.8 Å². The topological polar surface area (TPSA) is 206 Å². The highest BCUT2D eigenvalue weighted by Crippen LogP contribution is 2.47. The molecule has 9 atom stereocenters. The molecule has 1 saturated carbocycles. The Kier molecular flexibility index (Phi) is 37.8. The smallest absolute Gasteiger partial charge is 0.391 e. The number of amides is 1. The Morgan fingerprint density at radius 2 is 0.774 bits per heavy atom. The molecule has 6 unspecified atom stereocenters. The number of carbonyl (C=O) groups is 1. The monoisotopic (exact) mass is 908 g/mol. The van der Waals surface area contributed by atoms with Gasteiger partial charge in [0.2, 0.25) is 5.91 Å². The number of unbranched alkanes of at least 4 members (excludes halogenated alkanes) is 33. The van der Waals surface area contributed by atoms with Crippen molar-refractivity contribution in [3.05, 3.63) is 0 Å². The van der Waals surface area contributed by atoms with Crippen LogP contribution in [-0.2, 0) is 18.4 Å². The van der Waals surface area contributed by atoms with Gasteiger partial charge in [0.05, 0.1) is 18.8 Å². The SMILES string of the molecule is CCCCCCCCCCCCCCCCCCCCCCCCCCCC(=O)N[C@@H](COP(=O)(O)OC1C(O)C(O)C(O)[C@@H](O)C1O)[C@H](O)CCCCCCCCCCCC. The first kappa shape index (κ1) is 59.4. The van der Waals surface area contributed by atoms with E-state index >= 15 is 0 Å². The zero-order valence-corrected chi connectivity index (χ0v) is 40.6. The van der Waals surface area contributed by atoms with Crippen LogP contribution in [0.25, 0.3) is 0 Å². The number of rotatable bonds is 44. The van der Waals surface area contributed by atoms with Crippen LogP contribution in [0.2, 0.25) is 0 Å². The van der Waals surface area contributed by atoms with E-state index in [0.717, 1.165) is 38.5 Å². The molecule has 8 N–H and O–H groups in total. The van der Waals surface area contributed by atoms with E-state index in [1.54, 1.807) is 0 Å². The highest BCUT2D eigenvalue weighted by molar-refractivity contribution is 7.47. The van der Waals surface area contributed by atoms with E-state index in [1.807, 2.05) is 0 Å². The van der Waals surface area contributed by atoms with Gasteiger partial charge < -0.3 is 40.8 Å². The van der Waals surface area contributed by atoms with Crippen molar-refractivity contribution in [2.75, 3.05) is 6.61 Å². The van der Waals surface area contributed by atoms with E-state index in [-0.39, 0.29) is 12.3 Å². The molecule has 1 aliphatic rings. The van der Waals surface area contributed by atoms with Crippen LogP contribution in [0.3, 0.4) is 0 Å². The highest BCUT2D eigenvalue weighted by atomic mass is 31.2. The summed E-state index contributed by atoms with van der Waals surface area (Å²) in [6, 6.07) is -1.02. The van der Waals surface area contributed by atoms with E-state index < -0.39 is 63.2 Å². The third kappa shape index (κ3) is 30.5. The lowest BCUT2D eigenvalue weighted by Crippen LogP contribution is -2.64. The zero-order chi connectivity index (χ0) is 45.7. The van der Waals surface area contributed by atoms with E-state index in [2.05, 4.69) is 19.2 Å². The lowest BCUT2D eigenvalue weighted by molar-refractivity contribution is -0.220. The van der Waals surface area contributed by atoms with Gasteiger partial charge in [-0.15, -0.1) is 0 Å². The molecular formula is C49H98NO11P. The van der Waals surface area contributed by atoms with Crippen LogP contribution in [-0.4, -0.2) is 96.8 Å². The summed E-state index contributed by atoms with van der Waals surface area (Å²) in [6.45, 7) is 3.89. The van der Waals surface area contributed by atoms with Gasteiger partial charge in [0.15, 0.2) is 0 Å². The van der Waals surface area contributed by atoms with Gasteiger partial charge in [0, 0.05) is 6.42 Å². The van der Waals surface area contributed by atoms with Crippen LogP contribution in [0, 0.1) is 0 Å². The van der Waals surface area contributed by atoms with Gasteiger partial charge in [-0.2, -0.15) is 0 Å². The Bertz CT molecular complexity index is 1060. The quantitative estimate of drug-likeness (QED) is 0.0213. The summed E-state index contributed by atoms with van der Waals surface area (Å²) in [5.41, 5.74) is 0. The summed E-state index contributed by atoms with van der Waals surface area (Å²) in [5, 5.41) is 64.1. The van der Waals surface area contributed by atoms with Crippen molar-refractivity contribution >= 4 is 13.7 Å². The minimum Gasteiger partial charge on any atom is -0.391 e. The number of nitrogens with one attached hydrogen (secondary N) is 1. The Morgan fingerprint density at radius 3 is 1.11 bits per heavy atom. The molecule has 1 aliphatic carbocycles. The molecule has 12 nitrogen and oxygen atoms in total. The first-order chi connectivity index (χ1) is 29.9. The number of carbonyl (C=O) groups excluding carboxylic acids is 1. The van der Waals surface area contributed by atoms with Crippen LogP contribution in [0.4, 0.5) is 0 Å². The maximum atomic E-state index is 13.0. The number of hydrogen-bond acceptors (Lipinski definition) is 10. The number of phosphoric ester groups is 1. The van der Waals surface area contributed by atoms with Crippen molar-refractivity contribution in [1.82, 2.24) is 5.32 Å². The van der Waals surface area contributed by atoms with Crippen LogP contribution >= 0.6 is 7.82 Å². The van der Waals surface area contributed by atoms with E-state index in [4.69, 9.17) is 9.05 Å². The minimum absolute atomic E-state index is 0.243. The van der Waals surface area contributed by atoms with Crippen LogP contribution in [0.5, 0.6) is 0 Å². The Hall–Kier alpha value is -0.660. The molecule has 0 aromatic heterocycles. The fraction of sp³-hybridized carbons (Fsp3) is 0.980. The molecule has 0 aromatic carbocycles. The minimum atomic E-state index is -5.05. The van der Waals surface area contributed by atoms with Crippen LogP contribution in [0.1, 0.15) is 251 Å². The molecule has 62 heavy (non-hydrogen) atoms. The predicted octanol–water partition coefficient (Wildman–Crippen LogP) is 10.6. The average molecular weight is 908 g/mol. The average Bonchev–Trinajstić information content (AvgIpc) is 3.25. The molecule has 0 radical (unpaired) electrons. The zero-order valence-electron chi connectivity index (χ0n) is 39.7. The fourth-order valence-corrected chi connectivity index (χ4v) is 9.64. The van der Waals surface area contributed by atoms with Gasteiger partial charge >= 0.3 is 7.82 Å². The van der Waals surface area contributed by atoms with Gasteiger partial charge in [-0.25, -0.2) is 4.57 Å². The molecule has 0 saturated heterocycles.